The molecule has 2 aliphatic rings. The van der Waals surface area contributed by atoms with Crippen molar-refractivity contribution in [1.29, 1.82) is 0 Å². The third kappa shape index (κ3) is 4.67. The quantitative estimate of drug-likeness (QED) is 0.676. The molecule has 0 aromatic heterocycles. The molecule has 29 heavy (non-hydrogen) atoms. The first-order valence-electron chi connectivity index (χ1n) is 9.82. The van der Waals surface area contributed by atoms with Crippen molar-refractivity contribution in [3.05, 3.63) is 29.6 Å². The Balaban J connectivity index is 1.48. The molecule has 9 heteroatoms. The number of rotatable bonds is 7. The Bertz CT molecular complexity index is 795. The summed E-state index contributed by atoms with van der Waals surface area (Å²) in [5.74, 6) is -1.06. The number of imide groups is 1. The second-order valence-electron chi connectivity index (χ2n) is 7.71. The van der Waals surface area contributed by atoms with Gasteiger partial charge in [0.1, 0.15) is 5.54 Å². The van der Waals surface area contributed by atoms with Crippen molar-refractivity contribution in [2.24, 2.45) is 0 Å². The van der Waals surface area contributed by atoms with Crippen LogP contribution in [-0.2, 0) is 16.1 Å². The van der Waals surface area contributed by atoms with Crippen LogP contribution in [0.25, 0.3) is 0 Å². The topological polar surface area (TPSA) is 91.0 Å². The number of halogens is 1. The Labute approximate surface area is 169 Å². The zero-order valence-corrected chi connectivity index (χ0v) is 16.8. The van der Waals surface area contributed by atoms with Crippen LogP contribution in [-0.4, -0.2) is 54.0 Å². The molecule has 1 aromatic rings. The van der Waals surface area contributed by atoms with E-state index in [-0.39, 0.29) is 18.1 Å². The van der Waals surface area contributed by atoms with E-state index in [0.29, 0.717) is 25.9 Å². The Kier molecular flexibility index (Phi) is 6.36. The standard InChI is InChI=1S/C20H27FN4O4/c1-24(13-14-6-7-16(29-2)15(21)12-14)11-8-17(26)23-25-18(27)20(22-19(25)28)9-4-3-5-10-20/h6-7,12H,3-5,8-11,13H2,1-2H3,(H,22,28)(H,23,26). The van der Waals surface area contributed by atoms with Crippen LogP contribution >= 0.6 is 0 Å². The summed E-state index contributed by atoms with van der Waals surface area (Å²) < 4.78 is 18.7. The summed E-state index contributed by atoms with van der Waals surface area (Å²) in [4.78, 5) is 39.0. The first-order chi connectivity index (χ1) is 13.8. The summed E-state index contributed by atoms with van der Waals surface area (Å²) in [7, 11) is 3.21. The number of carbonyl (C=O) groups is 3. The molecule has 4 amide bonds. The van der Waals surface area contributed by atoms with Crippen LogP contribution in [0.15, 0.2) is 18.2 Å². The molecule has 2 fully saturated rings. The minimum Gasteiger partial charge on any atom is -0.494 e. The van der Waals surface area contributed by atoms with Gasteiger partial charge in [0.05, 0.1) is 7.11 Å². The van der Waals surface area contributed by atoms with Crippen molar-refractivity contribution in [1.82, 2.24) is 20.7 Å². The van der Waals surface area contributed by atoms with Gasteiger partial charge in [0.15, 0.2) is 11.6 Å². The van der Waals surface area contributed by atoms with Gasteiger partial charge in [0.2, 0.25) is 5.91 Å². The smallest absolute Gasteiger partial charge is 0.344 e. The number of nitrogens with zero attached hydrogens (tertiary/aromatic N) is 2. The third-order valence-corrected chi connectivity index (χ3v) is 5.49. The number of nitrogens with one attached hydrogen (secondary N) is 2. The predicted molar refractivity (Wildman–Crippen MR) is 103 cm³/mol. The summed E-state index contributed by atoms with van der Waals surface area (Å²) in [5.41, 5.74) is 2.31. The fourth-order valence-electron chi connectivity index (χ4n) is 3.89. The van der Waals surface area contributed by atoms with E-state index in [9.17, 15) is 18.8 Å². The molecular weight excluding hydrogens is 379 g/mol. The van der Waals surface area contributed by atoms with E-state index in [1.807, 2.05) is 4.90 Å². The van der Waals surface area contributed by atoms with E-state index in [0.717, 1.165) is 29.8 Å². The lowest BCUT2D eigenvalue weighted by Crippen LogP contribution is -2.51. The minimum absolute atomic E-state index is 0.0964. The van der Waals surface area contributed by atoms with E-state index in [2.05, 4.69) is 10.7 Å². The molecule has 1 aliphatic heterocycles. The summed E-state index contributed by atoms with van der Waals surface area (Å²) >= 11 is 0. The van der Waals surface area contributed by atoms with Crippen molar-refractivity contribution >= 4 is 17.8 Å². The highest BCUT2D eigenvalue weighted by Gasteiger charge is 2.52. The first-order valence-corrected chi connectivity index (χ1v) is 9.82. The number of hydrogen-bond donors (Lipinski definition) is 2. The first kappa shape index (κ1) is 21.0. The molecule has 1 saturated heterocycles. The minimum atomic E-state index is -0.863. The van der Waals surface area contributed by atoms with Gasteiger partial charge in [-0.25, -0.2) is 9.18 Å². The van der Waals surface area contributed by atoms with Gasteiger partial charge < -0.3 is 15.0 Å². The molecule has 1 aromatic carbocycles. The molecular formula is C20H27FN4O4. The lowest BCUT2D eigenvalue weighted by Gasteiger charge is -2.30. The maximum absolute atomic E-state index is 13.8. The van der Waals surface area contributed by atoms with Crippen molar-refractivity contribution in [2.75, 3.05) is 20.7 Å². The average Bonchev–Trinajstić information content (AvgIpc) is 2.91. The van der Waals surface area contributed by atoms with Crippen LogP contribution in [0, 0.1) is 5.82 Å². The van der Waals surface area contributed by atoms with Crippen LogP contribution in [0.4, 0.5) is 9.18 Å². The molecule has 0 bridgehead atoms. The second-order valence-corrected chi connectivity index (χ2v) is 7.71. The maximum atomic E-state index is 13.8. The van der Waals surface area contributed by atoms with Crippen LogP contribution < -0.4 is 15.5 Å². The molecule has 1 heterocycles. The maximum Gasteiger partial charge on any atom is 0.344 e. The van der Waals surface area contributed by atoms with Crippen LogP contribution in [0.1, 0.15) is 44.1 Å². The number of methoxy groups -OCH3 is 1. The van der Waals surface area contributed by atoms with Gasteiger partial charge in [0.25, 0.3) is 5.91 Å². The van der Waals surface area contributed by atoms with Crippen LogP contribution in [0.5, 0.6) is 5.75 Å². The van der Waals surface area contributed by atoms with Crippen molar-refractivity contribution < 1.29 is 23.5 Å². The second kappa shape index (κ2) is 8.77. The van der Waals surface area contributed by atoms with E-state index in [4.69, 9.17) is 4.74 Å². The monoisotopic (exact) mass is 406 g/mol. The summed E-state index contributed by atoms with van der Waals surface area (Å²) in [6, 6.07) is 4.14. The van der Waals surface area contributed by atoms with Gasteiger partial charge in [-0.1, -0.05) is 25.3 Å². The van der Waals surface area contributed by atoms with Gasteiger partial charge in [-0.3, -0.25) is 15.0 Å². The number of amides is 4. The number of benzene rings is 1. The number of urea groups is 1. The zero-order valence-electron chi connectivity index (χ0n) is 16.8. The highest BCUT2D eigenvalue weighted by molar-refractivity contribution is 6.08. The summed E-state index contributed by atoms with van der Waals surface area (Å²) in [5, 5.41) is 3.57. The molecule has 3 rings (SSSR count). The molecule has 0 radical (unpaired) electrons. The Morgan fingerprint density at radius 3 is 2.69 bits per heavy atom. The SMILES string of the molecule is COc1ccc(CN(C)CCC(=O)NN2C(=O)NC3(CCCCC3)C2=O)cc1F. The lowest BCUT2D eigenvalue weighted by molar-refractivity contribution is -0.140. The predicted octanol–water partition coefficient (Wildman–Crippen LogP) is 1.94. The molecule has 1 aliphatic carbocycles. The Morgan fingerprint density at radius 1 is 1.31 bits per heavy atom. The van der Waals surface area contributed by atoms with Crippen LogP contribution in [0.2, 0.25) is 0 Å². The molecule has 0 unspecified atom stereocenters. The van der Waals surface area contributed by atoms with Gasteiger partial charge in [-0.15, -0.1) is 0 Å². The van der Waals surface area contributed by atoms with E-state index < -0.39 is 23.3 Å². The number of carbonyl (C=O) groups excluding carboxylic acids is 3. The Morgan fingerprint density at radius 2 is 2.03 bits per heavy atom. The lowest BCUT2D eigenvalue weighted by atomic mass is 9.82. The molecule has 0 atom stereocenters. The largest absolute Gasteiger partial charge is 0.494 e. The number of ether oxygens (including phenoxy) is 1. The fourth-order valence-corrected chi connectivity index (χ4v) is 3.89. The van der Waals surface area contributed by atoms with E-state index >= 15 is 0 Å². The van der Waals surface area contributed by atoms with Crippen molar-refractivity contribution in [2.45, 2.75) is 50.6 Å². The van der Waals surface area contributed by atoms with Crippen LogP contribution in [0.3, 0.4) is 0 Å². The van der Waals surface area contributed by atoms with Crippen molar-refractivity contribution in [3.63, 3.8) is 0 Å². The van der Waals surface area contributed by atoms with Gasteiger partial charge >= 0.3 is 6.03 Å². The molecule has 158 valence electrons. The summed E-state index contributed by atoms with van der Waals surface area (Å²) in [6.07, 6.45) is 4.10. The highest BCUT2D eigenvalue weighted by atomic mass is 19.1. The number of hydrogen-bond acceptors (Lipinski definition) is 5. The van der Waals surface area contributed by atoms with Crippen molar-refractivity contribution in [3.8, 4) is 5.75 Å². The van der Waals surface area contributed by atoms with E-state index in [1.54, 1.807) is 19.2 Å². The molecule has 1 saturated carbocycles. The molecule has 2 N–H and O–H groups in total. The van der Waals surface area contributed by atoms with Gasteiger partial charge in [-0.05, 0) is 37.6 Å². The average molecular weight is 406 g/mol. The number of hydrazine groups is 1. The third-order valence-electron chi connectivity index (χ3n) is 5.49. The normalized spacial score (nSPS) is 18.3. The van der Waals surface area contributed by atoms with Gasteiger partial charge in [-0.2, -0.15) is 5.01 Å². The zero-order chi connectivity index (χ0) is 21.0. The molecule has 8 nitrogen and oxygen atoms in total. The highest BCUT2D eigenvalue weighted by Crippen LogP contribution is 2.33. The van der Waals surface area contributed by atoms with Gasteiger partial charge in [0, 0.05) is 19.5 Å². The van der Waals surface area contributed by atoms with E-state index in [1.165, 1.54) is 13.2 Å². The summed E-state index contributed by atoms with van der Waals surface area (Å²) in [6.45, 7) is 0.828. The fraction of sp³-hybridized carbons (Fsp3) is 0.550. The molecule has 1 spiro atoms. The Hall–Kier alpha value is -2.68.